The summed E-state index contributed by atoms with van der Waals surface area (Å²) in [5, 5.41) is 6.16. The monoisotopic (exact) mass is 306 g/mol. The molecule has 1 amide bonds. The standard InChI is InChI=1S/C16H22N2O4/c1-10-8-11(6-7-17-10)15(19)18-14-5-4-12(21-2)9-13(14)16(20)22-3/h4-5,9-11,17H,6-8H2,1-3H3,(H,18,19)/t10-,11-/m0/s1. The number of hydrogen-bond acceptors (Lipinski definition) is 5. The van der Waals surface area contributed by atoms with Gasteiger partial charge in [-0.05, 0) is 44.5 Å². The third kappa shape index (κ3) is 3.76. The van der Waals surface area contributed by atoms with Crippen LogP contribution in [0.1, 0.15) is 30.1 Å². The summed E-state index contributed by atoms with van der Waals surface area (Å²) in [5.74, 6) is -0.0886. The predicted octanol–water partition coefficient (Wildman–Crippen LogP) is 1.81. The fourth-order valence-corrected chi connectivity index (χ4v) is 2.64. The quantitative estimate of drug-likeness (QED) is 0.830. The fraction of sp³-hybridized carbons (Fsp3) is 0.500. The van der Waals surface area contributed by atoms with Crippen molar-refractivity contribution in [3.8, 4) is 5.75 Å². The van der Waals surface area contributed by atoms with Crippen LogP contribution in [0.25, 0.3) is 0 Å². The van der Waals surface area contributed by atoms with Crippen LogP contribution in [0.3, 0.4) is 0 Å². The molecule has 2 rings (SSSR count). The average molecular weight is 306 g/mol. The second-order valence-corrected chi connectivity index (χ2v) is 5.47. The van der Waals surface area contributed by atoms with Gasteiger partial charge in [-0.2, -0.15) is 0 Å². The van der Waals surface area contributed by atoms with E-state index < -0.39 is 5.97 Å². The molecule has 1 heterocycles. The van der Waals surface area contributed by atoms with Crippen LogP contribution in [0, 0.1) is 5.92 Å². The van der Waals surface area contributed by atoms with Gasteiger partial charge in [0.05, 0.1) is 25.5 Å². The first-order valence-electron chi connectivity index (χ1n) is 7.35. The zero-order valence-corrected chi connectivity index (χ0v) is 13.1. The number of anilines is 1. The number of piperidine rings is 1. The van der Waals surface area contributed by atoms with Gasteiger partial charge in [0.1, 0.15) is 5.75 Å². The third-order valence-corrected chi connectivity index (χ3v) is 3.88. The van der Waals surface area contributed by atoms with Crippen molar-refractivity contribution >= 4 is 17.6 Å². The number of carbonyl (C=O) groups is 2. The number of methoxy groups -OCH3 is 2. The number of esters is 1. The molecule has 0 aliphatic carbocycles. The van der Waals surface area contributed by atoms with E-state index >= 15 is 0 Å². The lowest BCUT2D eigenvalue weighted by atomic mass is 9.92. The zero-order valence-electron chi connectivity index (χ0n) is 13.1. The number of amides is 1. The van der Waals surface area contributed by atoms with Crippen LogP contribution in [0.4, 0.5) is 5.69 Å². The van der Waals surface area contributed by atoms with E-state index in [1.54, 1.807) is 18.2 Å². The van der Waals surface area contributed by atoms with E-state index in [0.29, 0.717) is 17.5 Å². The average Bonchev–Trinajstić information content (AvgIpc) is 2.54. The molecule has 2 atom stereocenters. The van der Waals surface area contributed by atoms with Crippen molar-refractivity contribution in [1.29, 1.82) is 0 Å². The van der Waals surface area contributed by atoms with Crippen LogP contribution < -0.4 is 15.4 Å². The van der Waals surface area contributed by atoms with Crippen molar-refractivity contribution in [2.24, 2.45) is 5.92 Å². The molecule has 1 aromatic rings. The summed E-state index contributed by atoms with van der Waals surface area (Å²) in [5.41, 5.74) is 0.737. The van der Waals surface area contributed by atoms with Gasteiger partial charge in [-0.15, -0.1) is 0 Å². The largest absolute Gasteiger partial charge is 0.497 e. The smallest absolute Gasteiger partial charge is 0.340 e. The Kier molecular flexibility index (Phi) is 5.38. The minimum Gasteiger partial charge on any atom is -0.497 e. The Hall–Kier alpha value is -2.08. The summed E-state index contributed by atoms with van der Waals surface area (Å²) in [6, 6.07) is 5.24. The third-order valence-electron chi connectivity index (χ3n) is 3.88. The number of rotatable bonds is 4. The normalized spacial score (nSPS) is 21.0. The number of carbonyl (C=O) groups excluding carboxylic acids is 2. The fourth-order valence-electron chi connectivity index (χ4n) is 2.64. The van der Waals surface area contributed by atoms with Crippen LogP contribution >= 0.6 is 0 Å². The van der Waals surface area contributed by atoms with Gasteiger partial charge < -0.3 is 20.1 Å². The van der Waals surface area contributed by atoms with Crippen molar-refractivity contribution in [3.05, 3.63) is 23.8 Å². The molecule has 1 saturated heterocycles. The molecule has 6 heteroatoms. The van der Waals surface area contributed by atoms with E-state index in [0.717, 1.165) is 19.4 Å². The van der Waals surface area contributed by atoms with Gasteiger partial charge in [-0.3, -0.25) is 4.79 Å². The van der Waals surface area contributed by atoms with Crippen molar-refractivity contribution in [1.82, 2.24) is 5.32 Å². The number of hydrogen-bond donors (Lipinski definition) is 2. The maximum Gasteiger partial charge on any atom is 0.340 e. The minimum atomic E-state index is -0.507. The first-order chi connectivity index (χ1) is 10.5. The maximum absolute atomic E-state index is 12.4. The number of nitrogens with one attached hydrogen (secondary N) is 2. The van der Waals surface area contributed by atoms with Crippen LogP contribution in [0.5, 0.6) is 5.75 Å². The van der Waals surface area contributed by atoms with E-state index in [1.807, 2.05) is 0 Å². The number of benzene rings is 1. The molecule has 0 unspecified atom stereocenters. The highest BCUT2D eigenvalue weighted by molar-refractivity contribution is 6.02. The highest BCUT2D eigenvalue weighted by Gasteiger charge is 2.26. The van der Waals surface area contributed by atoms with Gasteiger partial charge >= 0.3 is 5.97 Å². The summed E-state index contributed by atoms with van der Waals surface area (Å²) in [6.07, 6.45) is 1.58. The first-order valence-corrected chi connectivity index (χ1v) is 7.35. The van der Waals surface area contributed by atoms with Gasteiger partial charge in [0.25, 0.3) is 0 Å². The Bertz CT molecular complexity index is 559. The van der Waals surface area contributed by atoms with Crippen molar-refractivity contribution in [2.45, 2.75) is 25.8 Å². The molecule has 0 radical (unpaired) electrons. The summed E-state index contributed by atoms with van der Waals surface area (Å²) in [7, 11) is 2.83. The summed E-state index contributed by atoms with van der Waals surface area (Å²) in [4.78, 5) is 24.3. The molecule has 0 saturated carbocycles. The Morgan fingerprint density at radius 2 is 2.09 bits per heavy atom. The minimum absolute atomic E-state index is 0.0520. The molecule has 0 spiro atoms. The molecule has 22 heavy (non-hydrogen) atoms. The van der Waals surface area contributed by atoms with Gasteiger partial charge in [0.2, 0.25) is 5.91 Å². The Labute approximate surface area is 130 Å². The van der Waals surface area contributed by atoms with Crippen LogP contribution in [0.2, 0.25) is 0 Å². The second-order valence-electron chi connectivity index (χ2n) is 5.47. The van der Waals surface area contributed by atoms with Crippen LogP contribution in [0.15, 0.2) is 18.2 Å². The maximum atomic E-state index is 12.4. The number of ether oxygens (including phenoxy) is 2. The molecular formula is C16H22N2O4. The first kappa shape index (κ1) is 16.3. The highest BCUT2D eigenvalue weighted by Crippen LogP contribution is 2.25. The second kappa shape index (κ2) is 7.26. The van der Waals surface area contributed by atoms with E-state index in [1.165, 1.54) is 14.2 Å². The van der Waals surface area contributed by atoms with E-state index in [-0.39, 0.29) is 17.4 Å². The molecule has 0 bridgehead atoms. The van der Waals surface area contributed by atoms with E-state index in [9.17, 15) is 9.59 Å². The van der Waals surface area contributed by atoms with Gasteiger partial charge in [0.15, 0.2) is 0 Å². The summed E-state index contributed by atoms with van der Waals surface area (Å²) >= 11 is 0. The molecule has 2 N–H and O–H groups in total. The molecule has 6 nitrogen and oxygen atoms in total. The van der Waals surface area contributed by atoms with Crippen LogP contribution in [-0.2, 0) is 9.53 Å². The Morgan fingerprint density at radius 3 is 2.73 bits per heavy atom. The van der Waals surface area contributed by atoms with Crippen molar-refractivity contribution in [3.63, 3.8) is 0 Å². The molecule has 0 aromatic heterocycles. The van der Waals surface area contributed by atoms with E-state index in [2.05, 4.69) is 17.6 Å². The van der Waals surface area contributed by atoms with Crippen molar-refractivity contribution in [2.75, 3.05) is 26.1 Å². The highest BCUT2D eigenvalue weighted by atomic mass is 16.5. The molecular weight excluding hydrogens is 284 g/mol. The molecule has 1 fully saturated rings. The lowest BCUT2D eigenvalue weighted by molar-refractivity contribution is -0.120. The van der Waals surface area contributed by atoms with Gasteiger partial charge in [0, 0.05) is 12.0 Å². The van der Waals surface area contributed by atoms with Crippen LogP contribution in [-0.4, -0.2) is 38.7 Å². The lowest BCUT2D eigenvalue weighted by Gasteiger charge is -2.27. The van der Waals surface area contributed by atoms with Gasteiger partial charge in [-0.1, -0.05) is 0 Å². The zero-order chi connectivity index (χ0) is 16.1. The SMILES string of the molecule is COC(=O)c1cc(OC)ccc1NC(=O)[C@H]1CCN[C@@H](C)C1. The molecule has 120 valence electrons. The predicted molar refractivity (Wildman–Crippen MR) is 83.2 cm³/mol. The molecule has 1 aromatic carbocycles. The van der Waals surface area contributed by atoms with E-state index in [4.69, 9.17) is 9.47 Å². The summed E-state index contributed by atoms with van der Waals surface area (Å²) in [6.45, 7) is 2.89. The Morgan fingerprint density at radius 1 is 1.32 bits per heavy atom. The van der Waals surface area contributed by atoms with Gasteiger partial charge in [-0.25, -0.2) is 4.79 Å². The lowest BCUT2D eigenvalue weighted by Crippen LogP contribution is -2.40. The Balaban J connectivity index is 2.17. The molecule has 1 aliphatic heterocycles. The topological polar surface area (TPSA) is 76.7 Å². The molecule has 1 aliphatic rings. The van der Waals surface area contributed by atoms with Crippen molar-refractivity contribution < 1.29 is 19.1 Å². The summed E-state index contributed by atoms with van der Waals surface area (Å²) < 4.78 is 9.88.